The van der Waals surface area contributed by atoms with Crippen LogP contribution < -0.4 is 15.6 Å². The molecule has 1 saturated heterocycles. The third kappa shape index (κ3) is 4.38. The molecular formula is C24H26N5O2S+. The molecule has 0 saturated carbocycles. The summed E-state index contributed by atoms with van der Waals surface area (Å²) in [6, 6.07) is 15.5. The topological polar surface area (TPSA) is 87.3 Å². The van der Waals surface area contributed by atoms with Crippen molar-refractivity contribution in [3.63, 3.8) is 0 Å². The van der Waals surface area contributed by atoms with Gasteiger partial charge < -0.3 is 15.8 Å². The highest BCUT2D eigenvalue weighted by Crippen LogP contribution is 2.30. The monoisotopic (exact) mass is 448 g/mol. The summed E-state index contributed by atoms with van der Waals surface area (Å²) in [5.41, 5.74) is 10.9. The van der Waals surface area contributed by atoms with E-state index in [0.29, 0.717) is 16.9 Å². The molecule has 5 rings (SSSR count). The van der Waals surface area contributed by atoms with Crippen LogP contribution in [0.4, 0.5) is 11.4 Å². The number of fused-ring (bicyclic) bond motifs is 1. The number of ether oxygens (including phenoxy) is 1. The van der Waals surface area contributed by atoms with Crippen molar-refractivity contribution in [3.05, 3.63) is 65.8 Å². The maximum absolute atomic E-state index is 13.0. The largest absolute Gasteiger partial charge is 0.397 e. The van der Waals surface area contributed by atoms with Crippen molar-refractivity contribution in [1.29, 1.82) is 0 Å². The number of hydrogen-bond donors (Lipinski definition) is 3. The number of carbonyl (C=O) groups is 1. The predicted octanol–water partition coefficient (Wildman–Crippen LogP) is 3.35. The lowest BCUT2D eigenvalue weighted by Crippen LogP contribution is -2.44. The molecular weight excluding hydrogens is 422 g/mol. The van der Waals surface area contributed by atoms with E-state index in [0.717, 1.165) is 60.9 Å². The van der Waals surface area contributed by atoms with Crippen molar-refractivity contribution in [2.75, 3.05) is 43.9 Å². The molecule has 1 aliphatic heterocycles. The second-order valence-electron chi connectivity index (χ2n) is 7.89. The van der Waals surface area contributed by atoms with Gasteiger partial charge in [-0.3, -0.25) is 9.69 Å². The first-order valence-corrected chi connectivity index (χ1v) is 11.6. The van der Waals surface area contributed by atoms with Crippen LogP contribution in [0, 0.1) is 0 Å². The molecule has 0 aliphatic carbocycles. The van der Waals surface area contributed by atoms with E-state index in [9.17, 15) is 4.79 Å². The number of H-pyrrole nitrogens is 1. The normalized spacial score (nSPS) is 14.6. The van der Waals surface area contributed by atoms with Crippen molar-refractivity contribution in [2.45, 2.75) is 6.54 Å². The number of morpholine rings is 1. The Balaban J connectivity index is 1.34. The number of nitrogens with one attached hydrogen (secondary N) is 2. The van der Waals surface area contributed by atoms with Crippen LogP contribution in [0.5, 0.6) is 0 Å². The van der Waals surface area contributed by atoms with Gasteiger partial charge >= 0.3 is 0 Å². The number of rotatable bonds is 6. The highest BCUT2D eigenvalue weighted by Gasteiger charge is 2.17. The number of hydrogen-bond acceptors (Lipinski definition) is 5. The van der Waals surface area contributed by atoms with Gasteiger partial charge in [-0.1, -0.05) is 12.1 Å². The molecule has 0 atom stereocenters. The Kier molecular flexibility index (Phi) is 5.89. The summed E-state index contributed by atoms with van der Waals surface area (Å²) in [4.78, 5) is 19.9. The fourth-order valence-corrected chi connectivity index (χ4v) is 4.69. The number of imidazole rings is 1. The van der Waals surface area contributed by atoms with E-state index in [-0.39, 0.29) is 5.91 Å². The first-order valence-electron chi connectivity index (χ1n) is 10.7. The van der Waals surface area contributed by atoms with Crippen LogP contribution in [0.1, 0.15) is 10.4 Å². The zero-order valence-corrected chi connectivity index (χ0v) is 18.5. The smallest absolute Gasteiger partial charge is 0.255 e. The Morgan fingerprint density at radius 3 is 2.88 bits per heavy atom. The van der Waals surface area contributed by atoms with Crippen molar-refractivity contribution >= 4 is 39.7 Å². The van der Waals surface area contributed by atoms with Gasteiger partial charge in [-0.05, 0) is 41.3 Å². The van der Waals surface area contributed by atoms with Crippen LogP contribution >= 0.6 is 11.3 Å². The van der Waals surface area contributed by atoms with Crippen LogP contribution in [-0.4, -0.2) is 48.6 Å². The maximum atomic E-state index is 13.0. The highest BCUT2D eigenvalue weighted by molar-refractivity contribution is 7.13. The Hall–Kier alpha value is -3.20. The number of nitrogens with two attached hydrogens (primary N) is 1. The van der Waals surface area contributed by atoms with Crippen LogP contribution in [0.2, 0.25) is 0 Å². The molecule has 2 aromatic carbocycles. The molecule has 8 heteroatoms. The number of nitrogen functional groups attached to an aromatic ring is 1. The predicted molar refractivity (Wildman–Crippen MR) is 128 cm³/mol. The van der Waals surface area contributed by atoms with Gasteiger partial charge in [-0.2, -0.15) is 0 Å². The Labute approximate surface area is 190 Å². The van der Waals surface area contributed by atoms with E-state index in [1.165, 1.54) is 0 Å². The fraction of sp³-hybridized carbons (Fsp3) is 0.250. The molecule has 1 amide bonds. The third-order valence-corrected chi connectivity index (χ3v) is 6.73. The van der Waals surface area contributed by atoms with Gasteiger partial charge in [-0.15, -0.1) is 11.3 Å². The second-order valence-corrected chi connectivity index (χ2v) is 8.83. The van der Waals surface area contributed by atoms with Gasteiger partial charge in [-0.25, -0.2) is 9.55 Å². The van der Waals surface area contributed by atoms with Gasteiger partial charge in [0.2, 0.25) is 6.33 Å². The number of anilines is 2. The second kappa shape index (κ2) is 9.12. The number of nitrogens with zero attached hydrogens (tertiary/aromatic N) is 2. The fourth-order valence-electron chi connectivity index (χ4n) is 3.96. The van der Waals surface area contributed by atoms with Crippen molar-refractivity contribution < 1.29 is 14.1 Å². The van der Waals surface area contributed by atoms with Crippen molar-refractivity contribution in [2.24, 2.45) is 0 Å². The summed E-state index contributed by atoms with van der Waals surface area (Å²) in [6.45, 7) is 5.30. The quantitative estimate of drug-likeness (QED) is 0.312. The average molecular weight is 449 g/mol. The first kappa shape index (κ1) is 20.7. The molecule has 32 heavy (non-hydrogen) atoms. The van der Waals surface area contributed by atoms with Gasteiger partial charge in [0.25, 0.3) is 5.91 Å². The summed E-state index contributed by atoms with van der Waals surface area (Å²) in [5, 5.41) is 5.02. The number of carbonyl (C=O) groups excluding carboxylic acids is 1. The van der Waals surface area contributed by atoms with E-state index in [1.807, 2.05) is 54.2 Å². The molecule has 0 bridgehead atoms. The molecule has 1 aliphatic rings. The van der Waals surface area contributed by atoms with Gasteiger partial charge in [0.15, 0.2) is 11.0 Å². The van der Waals surface area contributed by atoms with Crippen molar-refractivity contribution in [1.82, 2.24) is 9.88 Å². The summed E-state index contributed by atoms with van der Waals surface area (Å²) in [5.74, 6) is -0.178. The van der Waals surface area contributed by atoms with Crippen LogP contribution in [0.15, 0.2) is 60.2 Å². The molecule has 0 unspecified atom stereocenters. The minimum absolute atomic E-state index is 0.178. The maximum Gasteiger partial charge on any atom is 0.255 e. The molecule has 2 aromatic heterocycles. The molecule has 7 nitrogen and oxygen atoms in total. The summed E-state index contributed by atoms with van der Waals surface area (Å²) >= 11 is 1.65. The lowest BCUT2D eigenvalue weighted by Gasteiger charge is -2.25. The molecule has 1 fully saturated rings. The molecule has 164 valence electrons. The van der Waals surface area contributed by atoms with E-state index in [4.69, 9.17) is 10.5 Å². The van der Waals surface area contributed by atoms with Gasteiger partial charge in [0.1, 0.15) is 6.54 Å². The Bertz CT molecular complexity index is 1230. The van der Waals surface area contributed by atoms with E-state index in [2.05, 4.69) is 25.8 Å². The highest BCUT2D eigenvalue weighted by atomic mass is 32.1. The molecule has 4 N–H and O–H groups in total. The van der Waals surface area contributed by atoms with Crippen LogP contribution in [-0.2, 0) is 11.3 Å². The summed E-state index contributed by atoms with van der Waals surface area (Å²) < 4.78 is 7.59. The number of aromatic nitrogens is 2. The minimum Gasteiger partial charge on any atom is -0.397 e. The zero-order valence-electron chi connectivity index (χ0n) is 17.7. The first-order chi connectivity index (χ1) is 15.7. The SMILES string of the molecule is Nc1ccc(-c2cccs2)cc1NC(=O)c1ccc2[nH]c[n+](CCN3CCOCC3)c2c1. The molecule has 0 radical (unpaired) electrons. The molecule has 3 heterocycles. The van der Waals surface area contributed by atoms with E-state index >= 15 is 0 Å². The third-order valence-electron chi connectivity index (χ3n) is 5.81. The van der Waals surface area contributed by atoms with Crippen molar-refractivity contribution in [3.8, 4) is 10.4 Å². The Morgan fingerprint density at radius 2 is 2.06 bits per heavy atom. The average Bonchev–Trinajstić information content (AvgIpc) is 3.50. The summed E-state index contributed by atoms with van der Waals surface area (Å²) in [7, 11) is 0. The molecule has 4 aromatic rings. The van der Waals surface area contributed by atoms with E-state index in [1.54, 1.807) is 11.3 Å². The van der Waals surface area contributed by atoms with Crippen LogP contribution in [0.25, 0.3) is 21.5 Å². The summed E-state index contributed by atoms with van der Waals surface area (Å²) in [6.07, 6.45) is 1.97. The minimum atomic E-state index is -0.178. The number of benzene rings is 2. The van der Waals surface area contributed by atoms with Gasteiger partial charge in [0.05, 0.1) is 24.6 Å². The van der Waals surface area contributed by atoms with E-state index < -0.39 is 0 Å². The lowest BCUT2D eigenvalue weighted by atomic mass is 10.1. The van der Waals surface area contributed by atoms with Crippen LogP contribution in [0.3, 0.4) is 0 Å². The lowest BCUT2D eigenvalue weighted by molar-refractivity contribution is -0.670. The number of amides is 1. The van der Waals surface area contributed by atoms with Gasteiger partial charge in [0, 0.05) is 36.1 Å². The molecule has 0 spiro atoms. The number of thiophene rings is 1. The standard InChI is InChI=1S/C24H25N5O2S/c25-19-5-3-17(23-2-1-13-32-23)14-21(19)27-24(30)18-4-6-20-22(15-18)29(16-26-20)8-7-28-9-11-31-12-10-28/h1-6,13-16H,7-12,25H2,(H,27,30)/p+1. The Morgan fingerprint density at radius 1 is 1.19 bits per heavy atom. The number of aromatic amines is 1. The zero-order chi connectivity index (χ0) is 21.9.